The van der Waals surface area contributed by atoms with E-state index in [0.29, 0.717) is 12.0 Å². The standard InChI is InChI=1S/C18H30N2O2/c1-3-5-11-19-12-7-8-18(16-19)9-13-20(14-10-18)17(21)22-15-6-4-2/h1H,4-16H2,2H3. The van der Waals surface area contributed by atoms with Gasteiger partial charge >= 0.3 is 6.09 Å². The largest absolute Gasteiger partial charge is 0.449 e. The molecule has 0 unspecified atom stereocenters. The van der Waals surface area contributed by atoms with Crippen molar-refractivity contribution in [3.8, 4) is 12.3 Å². The summed E-state index contributed by atoms with van der Waals surface area (Å²) in [5.41, 5.74) is 0.396. The summed E-state index contributed by atoms with van der Waals surface area (Å²) in [4.78, 5) is 16.4. The molecule has 0 N–H and O–H groups in total. The highest BCUT2D eigenvalue weighted by atomic mass is 16.6. The molecule has 4 heteroatoms. The predicted octanol–water partition coefficient (Wildman–Crippen LogP) is 3.12. The predicted molar refractivity (Wildman–Crippen MR) is 88.6 cm³/mol. The SMILES string of the molecule is C#CCCN1CCCC2(CCN(C(=O)OCCCC)CC2)C1. The van der Waals surface area contributed by atoms with Gasteiger partial charge < -0.3 is 14.5 Å². The summed E-state index contributed by atoms with van der Waals surface area (Å²) >= 11 is 0. The number of rotatable bonds is 5. The molecule has 0 atom stereocenters. The zero-order valence-electron chi connectivity index (χ0n) is 14.0. The summed E-state index contributed by atoms with van der Waals surface area (Å²) in [7, 11) is 0. The Hall–Kier alpha value is -1.21. The average Bonchev–Trinajstić information content (AvgIpc) is 2.54. The Labute approximate surface area is 135 Å². The molecule has 1 spiro atoms. The highest BCUT2D eigenvalue weighted by molar-refractivity contribution is 5.67. The molecular formula is C18H30N2O2. The number of ether oxygens (including phenoxy) is 1. The fourth-order valence-electron chi connectivity index (χ4n) is 3.69. The number of hydrogen-bond acceptors (Lipinski definition) is 3. The first kappa shape index (κ1) is 17.1. The van der Waals surface area contributed by atoms with Gasteiger partial charge in [-0.25, -0.2) is 4.79 Å². The number of carbonyl (C=O) groups excluding carboxylic acids is 1. The van der Waals surface area contributed by atoms with Crippen LogP contribution in [0.2, 0.25) is 0 Å². The highest BCUT2D eigenvalue weighted by Crippen LogP contribution is 2.39. The van der Waals surface area contributed by atoms with E-state index in [4.69, 9.17) is 11.2 Å². The maximum atomic E-state index is 12.0. The Bertz CT molecular complexity index is 394. The minimum Gasteiger partial charge on any atom is -0.449 e. The monoisotopic (exact) mass is 306 g/mol. The van der Waals surface area contributed by atoms with Crippen LogP contribution in [-0.4, -0.2) is 55.2 Å². The first-order chi connectivity index (χ1) is 10.7. The number of nitrogens with zero attached hydrogens (tertiary/aromatic N) is 2. The summed E-state index contributed by atoms with van der Waals surface area (Å²) in [5, 5.41) is 0. The zero-order chi connectivity index (χ0) is 15.8. The molecule has 2 aliphatic heterocycles. The third-order valence-corrected chi connectivity index (χ3v) is 5.12. The van der Waals surface area contributed by atoms with E-state index in [2.05, 4.69) is 17.7 Å². The molecule has 0 aromatic heterocycles. The lowest BCUT2D eigenvalue weighted by molar-refractivity contribution is 0.0198. The second-order valence-electron chi connectivity index (χ2n) is 6.79. The smallest absolute Gasteiger partial charge is 0.409 e. The van der Waals surface area contributed by atoms with Crippen LogP contribution in [0.3, 0.4) is 0 Å². The fraction of sp³-hybridized carbons (Fsp3) is 0.833. The van der Waals surface area contributed by atoms with Crippen molar-refractivity contribution in [2.75, 3.05) is 39.3 Å². The quantitative estimate of drug-likeness (QED) is 0.578. The van der Waals surface area contributed by atoms with Crippen molar-refractivity contribution in [1.29, 1.82) is 0 Å². The lowest BCUT2D eigenvalue weighted by Gasteiger charge is -2.47. The van der Waals surface area contributed by atoms with Crippen LogP contribution in [0.25, 0.3) is 0 Å². The van der Waals surface area contributed by atoms with E-state index >= 15 is 0 Å². The maximum Gasteiger partial charge on any atom is 0.409 e. The van der Waals surface area contributed by atoms with Gasteiger partial charge in [0, 0.05) is 32.6 Å². The van der Waals surface area contributed by atoms with Gasteiger partial charge in [-0.1, -0.05) is 13.3 Å². The number of piperidine rings is 2. The molecule has 124 valence electrons. The van der Waals surface area contributed by atoms with Crippen molar-refractivity contribution in [2.45, 2.75) is 51.9 Å². The van der Waals surface area contributed by atoms with Gasteiger partial charge in [0.05, 0.1) is 6.61 Å². The molecule has 0 bridgehead atoms. The number of carbonyl (C=O) groups is 1. The van der Waals surface area contributed by atoms with Gasteiger partial charge in [0.25, 0.3) is 0 Å². The third-order valence-electron chi connectivity index (χ3n) is 5.12. The van der Waals surface area contributed by atoms with E-state index in [0.717, 1.165) is 58.3 Å². The van der Waals surface area contributed by atoms with E-state index in [1.165, 1.54) is 19.4 Å². The van der Waals surface area contributed by atoms with Gasteiger partial charge in [-0.2, -0.15) is 0 Å². The van der Waals surface area contributed by atoms with Gasteiger partial charge in [-0.15, -0.1) is 12.3 Å². The molecule has 1 amide bonds. The van der Waals surface area contributed by atoms with E-state index in [9.17, 15) is 4.79 Å². The number of hydrogen-bond donors (Lipinski definition) is 0. The van der Waals surface area contributed by atoms with Crippen molar-refractivity contribution >= 4 is 6.09 Å². The van der Waals surface area contributed by atoms with Crippen molar-refractivity contribution in [3.63, 3.8) is 0 Å². The van der Waals surface area contributed by atoms with Crippen LogP contribution in [0, 0.1) is 17.8 Å². The fourth-order valence-corrected chi connectivity index (χ4v) is 3.69. The van der Waals surface area contributed by atoms with Crippen LogP contribution in [0.15, 0.2) is 0 Å². The van der Waals surface area contributed by atoms with Crippen molar-refractivity contribution < 1.29 is 9.53 Å². The van der Waals surface area contributed by atoms with Crippen LogP contribution in [0.5, 0.6) is 0 Å². The Morgan fingerprint density at radius 2 is 2.05 bits per heavy atom. The first-order valence-corrected chi connectivity index (χ1v) is 8.77. The number of unbranched alkanes of at least 4 members (excludes halogenated alkanes) is 1. The third kappa shape index (κ3) is 4.64. The Morgan fingerprint density at radius 3 is 2.73 bits per heavy atom. The molecule has 2 aliphatic rings. The van der Waals surface area contributed by atoms with Crippen molar-refractivity contribution in [3.05, 3.63) is 0 Å². The average molecular weight is 306 g/mol. The van der Waals surface area contributed by atoms with Crippen molar-refractivity contribution in [2.24, 2.45) is 5.41 Å². The van der Waals surface area contributed by atoms with Crippen LogP contribution < -0.4 is 0 Å². The van der Waals surface area contributed by atoms with E-state index in [-0.39, 0.29) is 6.09 Å². The molecule has 2 saturated heterocycles. The van der Waals surface area contributed by atoms with Crippen LogP contribution in [-0.2, 0) is 4.74 Å². The van der Waals surface area contributed by atoms with Gasteiger partial charge in [0.2, 0.25) is 0 Å². The molecule has 4 nitrogen and oxygen atoms in total. The molecular weight excluding hydrogens is 276 g/mol. The second kappa shape index (κ2) is 8.43. The normalized spacial score (nSPS) is 21.5. The molecule has 22 heavy (non-hydrogen) atoms. The maximum absolute atomic E-state index is 12.0. The van der Waals surface area contributed by atoms with Gasteiger partial charge in [-0.05, 0) is 44.1 Å². The zero-order valence-corrected chi connectivity index (χ0v) is 14.0. The second-order valence-corrected chi connectivity index (χ2v) is 6.79. The molecule has 2 fully saturated rings. The van der Waals surface area contributed by atoms with Gasteiger partial charge in [0.1, 0.15) is 0 Å². The minimum atomic E-state index is -0.122. The Balaban J connectivity index is 1.78. The molecule has 0 aliphatic carbocycles. The molecule has 0 radical (unpaired) electrons. The summed E-state index contributed by atoms with van der Waals surface area (Å²) in [6.45, 7) is 7.67. The topological polar surface area (TPSA) is 32.8 Å². The molecule has 2 heterocycles. The molecule has 2 rings (SSSR count). The lowest BCUT2D eigenvalue weighted by atomic mass is 9.72. The summed E-state index contributed by atoms with van der Waals surface area (Å²) in [5.74, 6) is 2.74. The molecule has 0 saturated carbocycles. The Morgan fingerprint density at radius 1 is 1.27 bits per heavy atom. The van der Waals surface area contributed by atoms with E-state index in [1.807, 2.05) is 4.90 Å². The van der Waals surface area contributed by atoms with Crippen LogP contribution >= 0.6 is 0 Å². The first-order valence-electron chi connectivity index (χ1n) is 8.77. The van der Waals surface area contributed by atoms with Crippen molar-refractivity contribution in [1.82, 2.24) is 9.80 Å². The van der Waals surface area contributed by atoms with Gasteiger partial charge in [-0.3, -0.25) is 0 Å². The summed E-state index contributed by atoms with van der Waals surface area (Å²) in [6, 6.07) is 0. The highest BCUT2D eigenvalue weighted by Gasteiger charge is 2.39. The Kier molecular flexibility index (Phi) is 6.57. The lowest BCUT2D eigenvalue weighted by Crippen LogP contribution is -2.50. The van der Waals surface area contributed by atoms with Crippen LogP contribution in [0.1, 0.15) is 51.9 Å². The van der Waals surface area contributed by atoms with E-state index < -0.39 is 0 Å². The number of terminal acetylenes is 1. The minimum absolute atomic E-state index is 0.122. The summed E-state index contributed by atoms with van der Waals surface area (Å²) in [6.07, 6.45) is 12.9. The van der Waals surface area contributed by atoms with E-state index in [1.54, 1.807) is 0 Å². The van der Waals surface area contributed by atoms with Crippen LogP contribution in [0.4, 0.5) is 4.79 Å². The summed E-state index contributed by atoms with van der Waals surface area (Å²) < 4.78 is 5.33. The number of amides is 1. The number of likely N-dealkylation sites (tertiary alicyclic amines) is 2. The molecule has 0 aromatic rings. The van der Waals surface area contributed by atoms with Gasteiger partial charge in [0.15, 0.2) is 0 Å². The molecule has 0 aromatic carbocycles.